The molecule has 0 saturated carbocycles. The van der Waals surface area contributed by atoms with Crippen LogP contribution >= 0.6 is 0 Å². The van der Waals surface area contributed by atoms with Gasteiger partial charge in [0.15, 0.2) is 18.1 Å². The lowest BCUT2D eigenvalue weighted by Gasteiger charge is -2.19. The number of hydrogen-bond donors (Lipinski definition) is 2. The van der Waals surface area contributed by atoms with Gasteiger partial charge in [0.05, 0.1) is 11.1 Å². The second-order valence-corrected chi connectivity index (χ2v) is 6.77. The van der Waals surface area contributed by atoms with Gasteiger partial charge in [0.1, 0.15) is 13.2 Å². The third kappa shape index (κ3) is 4.72. The number of aromatic nitrogens is 1. The standard InChI is InChI=1S/C22H19N3O6/c1-13-10-16(15-4-2-3-5-17(15)23-13)21(27)31-12-20(26)25-22(28)24-14-6-7-18-19(11-14)30-9-8-29-18/h2-7,10-11H,8-9,12H2,1H3,(H2,24,25,26,28). The molecule has 0 fully saturated rings. The van der Waals surface area contributed by atoms with Crippen LogP contribution < -0.4 is 20.1 Å². The van der Waals surface area contributed by atoms with Gasteiger partial charge in [-0.2, -0.15) is 0 Å². The summed E-state index contributed by atoms with van der Waals surface area (Å²) >= 11 is 0. The van der Waals surface area contributed by atoms with E-state index in [0.29, 0.717) is 52.6 Å². The number of ether oxygens (including phenoxy) is 3. The molecule has 2 heterocycles. The molecule has 0 spiro atoms. The van der Waals surface area contributed by atoms with Gasteiger partial charge in [0.2, 0.25) is 0 Å². The van der Waals surface area contributed by atoms with Crippen LogP contribution in [0.2, 0.25) is 0 Å². The molecule has 0 bridgehead atoms. The Morgan fingerprint density at radius 3 is 2.65 bits per heavy atom. The van der Waals surface area contributed by atoms with E-state index >= 15 is 0 Å². The minimum atomic E-state index is -0.765. The zero-order valence-corrected chi connectivity index (χ0v) is 16.6. The summed E-state index contributed by atoms with van der Waals surface area (Å²) in [6.45, 7) is 2.03. The van der Waals surface area contributed by atoms with Gasteiger partial charge in [0.25, 0.3) is 5.91 Å². The molecule has 1 aromatic heterocycles. The van der Waals surface area contributed by atoms with Crippen LogP contribution in [0.3, 0.4) is 0 Å². The fourth-order valence-corrected chi connectivity index (χ4v) is 3.13. The number of amides is 3. The van der Waals surface area contributed by atoms with E-state index in [-0.39, 0.29) is 0 Å². The monoisotopic (exact) mass is 421 g/mol. The summed E-state index contributed by atoms with van der Waals surface area (Å²) in [6, 6.07) is 12.8. The largest absolute Gasteiger partial charge is 0.486 e. The molecule has 0 unspecified atom stereocenters. The number of esters is 1. The van der Waals surface area contributed by atoms with Crippen LogP contribution in [0.15, 0.2) is 48.5 Å². The normalized spacial score (nSPS) is 12.2. The molecule has 3 amide bonds. The Bertz CT molecular complexity index is 1180. The average Bonchev–Trinajstić information content (AvgIpc) is 2.76. The Morgan fingerprint density at radius 2 is 1.81 bits per heavy atom. The highest BCUT2D eigenvalue weighted by molar-refractivity contribution is 6.05. The number of hydrogen-bond acceptors (Lipinski definition) is 7. The zero-order chi connectivity index (χ0) is 21.8. The van der Waals surface area contributed by atoms with Crippen LogP contribution in [0.25, 0.3) is 10.9 Å². The van der Waals surface area contributed by atoms with E-state index in [9.17, 15) is 14.4 Å². The van der Waals surface area contributed by atoms with Crippen molar-refractivity contribution in [2.75, 3.05) is 25.1 Å². The van der Waals surface area contributed by atoms with Crippen molar-refractivity contribution in [2.45, 2.75) is 6.92 Å². The van der Waals surface area contributed by atoms with Crippen molar-refractivity contribution in [3.63, 3.8) is 0 Å². The molecule has 2 N–H and O–H groups in total. The van der Waals surface area contributed by atoms with E-state index in [1.807, 2.05) is 6.07 Å². The number of nitrogens with zero attached hydrogens (tertiary/aromatic N) is 1. The summed E-state index contributed by atoms with van der Waals surface area (Å²) in [5.41, 5.74) is 2.02. The number of urea groups is 1. The Kier molecular flexibility index (Phi) is 5.65. The molecule has 3 aromatic rings. The Balaban J connectivity index is 1.33. The van der Waals surface area contributed by atoms with Gasteiger partial charge in [0, 0.05) is 22.8 Å². The molecule has 0 aliphatic carbocycles. The Hall–Kier alpha value is -4.14. The molecular formula is C22H19N3O6. The number of pyridine rings is 1. The van der Waals surface area contributed by atoms with Gasteiger partial charge in [-0.3, -0.25) is 15.1 Å². The molecule has 1 aliphatic heterocycles. The van der Waals surface area contributed by atoms with E-state index in [1.54, 1.807) is 49.4 Å². The first kappa shape index (κ1) is 20.1. The molecule has 31 heavy (non-hydrogen) atoms. The number of para-hydroxylation sites is 1. The van der Waals surface area contributed by atoms with Gasteiger partial charge < -0.3 is 19.5 Å². The summed E-state index contributed by atoms with van der Waals surface area (Å²) in [6.07, 6.45) is 0. The number of nitrogens with one attached hydrogen (secondary N) is 2. The van der Waals surface area contributed by atoms with Crippen LogP contribution in [0.5, 0.6) is 11.5 Å². The van der Waals surface area contributed by atoms with E-state index in [4.69, 9.17) is 14.2 Å². The highest BCUT2D eigenvalue weighted by atomic mass is 16.6. The number of carbonyl (C=O) groups excluding carboxylic acids is 3. The molecule has 0 atom stereocenters. The fraction of sp³-hybridized carbons (Fsp3) is 0.182. The third-order valence-corrected chi connectivity index (χ3v) is 4.45. The Labute approximate surface area is 177 Å². The van der Waals surface area contributed by atoms with E-state index in [1.165, 1.54) is 0 Å². The summed E-state index contributed by atoms with van der Waals surface area (Å²) in [5, 5.41) is 5.25. The highest BCUT2D eigenvalue weighted by Crippen LogP contribution is 2.32. The van der Waals surface area contributed by atoms with Crippen molar-refractivity contribution in [1.29, 1.82) is 0 Å². The second-order valence-electron chi connectivity index (χ2n) is 6.77. The number of rotatable bonds is 4. The topological polar surface area (TPSA) is 116 Å². The maximum Gasteiger partial charge on any atom is 0.339 e. The zero-order valence-electron chi connectivity index (χ0n) is 16.6. The van der Waals surface area contributed by atoms with Gasteiger partial charge in [-0.1, -0.05) is 18.2 Å². The number of imide groups is 1. The summed E-state index contributed by atoms with van der Waals surface area (Å²) in [7, 11) is 0. The third-order valence-electron chi connectivity index (χ3n) is 4.45. The lowest BCUT2D eigenvalue weighted by molar-refractivity contribution is -0.123. The maximum atomic E-state index is 12.5. The average molecular weight is 421 g/mol. The van der Waals surface area contributed by atoms with Crippen LogP contribution in [0.1, 0.15) is 16.1 Å². The molecular weight excluding hydrogens is 402 g/mol. The van der Waals surface area contributed by atoms with Crippen LogP contribution in [-0.4, -0.2) is 42.7 Å². The lowest BCUT2D eigenvalue weighted by Crippen LogP contribution is -2.37. The molecule has 9 heteroatoms. The molecule has 9 nitrogen and oxygen atoms in total. The summed E-state index contributed by atoms with van der Waals surface area (Å²) in [5.74, 6) is -0.356. The first-order valence-corrected chi connectivity index (χ1v) is 9.53. The first-order chi connectivity index (χ1) is 15.0. The predicted molar refractivity (Wildman–Crippen MR) is 111 cm³/mol. The first-order valence-electron chi connectivity index (χ1n) is 9.53. The van der Waals surface area contributed by atoms with Crippen molar-refractivity contribution >= 4 is 34.5 Å². The quantitative estimate of drug-likeness (QED) is 0.622. The molecule has 158 valence electrons. The summed E-state index contributed by atoms with van der Waals surface area (Å²) in [4.78, 5) is 40.9. The maximum absolute atomic E-state index is 12.5. The highest BCUT2D eigenvalue weighted by Gasteiger charge is 2.17. The van der Waals surface area contributed by atoms with Crippen molar-refractivity contribution in [1.82, 2.24) is 10.3 Å². The van der Waals surface area contributed by atoms with E-state index in [0.717, 1.165) is 0 Å². The number of carbonyl (C=O) groups is 3. The van der Waals surface area contributed by atoms with Gasteiger partial charge in [-0.05, 0) is 31.2 Å². The minimum absolute atomic E-state index is 0.302. The van der Waals surface area contributed by atoms with Crippen molar-refractivity contribution < 1.29 is 28.6 Å². The second kappa shape index (κ2) is 8.70. The number of benzene rings is 2. The van der Waals surface area contributed by atoms with Crippen LogP contribution in [0, 0.1) is 6.92 Å². The number of fused-ring (bicyclic) bond motifs is 2. The van der Waals surface area contributed by atoms with Crippen molar-refractivity contribution in [2.24, 2.45) is 0 Å². The van der Waals surface area contributed by atoms with Crippen molar-refractivity contribution in [3.05, 3.63) is 59.8 Å². The Morgan fingerprint density at radius 1 is 1.03 bits per heavy atom. The smallest absolute Gasteiger partial charge is 0.339 e. The van der Waals surface area contributed by atoms with Gasteiger partial charge >= 0.3 is 12.0 Å². The van der Waals surface area contributed by atoms with Crippen LogP contribution in [0.4, 0.5) is 10.5 Å². The SMILES string of the molecule is Cc1cc(C(=O)OCC(=O)NC(=O)Nc2ccc3c(c2)OCCO3)c2ccccc2n1. The minimum Gasteiger partial charge on any atom is -0.486 e. The van der Waals surface area contributed by atoms with E-state index in [2.05, 4.69) is 15.6 Å². The fourth-order valence-electron chi connectivity index (χ4n) is 3.13. The lowest BCUT2D eigenvalue weighted by atomic mass is 10.1. The number of anilines is 1. The molecule has 0 radical (unpaired) electrons. The number of aryl methyl sites for hydroxylation is 1. The summed E-state index contributed by atoms with van der Waals surface area (Å²) < 4.78 is 15.9. The van der Waals surface area contributed by atoms with Gasteiger partial charge in [-0.25, -0.2) is 9.59 Å². The predicted octanol–water partition coefficient (Wildman–Crippen LogP) is 2.82. The van der Waals surface area contributed by atoms with Crippen LogP contribution in [-0.2, 0) is 9.53 Å². The van der Waals surface area contributed by atoms with Crippen molar-refractivity contribution in [3.8, 4) is 11.5 Å². The van der Waals surface area contributed by atoms with Gasteiger partial charge in [-0.15, -0.1) is 0 Å². The molecule has 4 rings (SSSR count). The molecule has 0 saturated heterocycles. The molecule has 2 aromatic carbocycles. The molecule has 1 aliphatic rings. The van der Waals surface area contributed by atoms with E-state index < -0.39 is 24.5 Å².